The average Bonchev–Trinajstić information content (AvgIpc) is 2.41. The molecule has 0 saturated carbocycles. The zero-order chi connectivity index (χ0) is 14.8. The van der Waals surface area contributed by atoms with E-state index in [9.17, 15) is 18.3 Å². The molecule has 1 aromatic carbocycles. The molecule has 0 aliphatic carbocycles. The minimum atomic E-state index is -4.31. The lowest BCUT2D eigenvalue weighted by molar-refractivity contribution is -0.137. The zero-order valence-electron chi connectivity index (χ0n) is 11.2. The quantitative estimate of drug-likeness (QED) is 0.894. The normalized spacial score (nSPS) is 20.1. The van der Waals surface area contributed by atoms with Gasteiger partial charge in [0.15, 0.2) is 0 Å². The topological polar surface area (TPSA) is 49.5 Å². The Kier molecular flexibility index (Phi) is 4.36. The second-order valence-corrected chi connectivity index (χ2v) is 5.40. The molecule has 112 valence electrons. The summed E-state index contributed by atoms with van der Waals surface area (Å²) in [5.41, 5.74) is 4.71. The van der Waals surface area contributed by atoms with Crippen molar-refractivity contribution in [1.29, 1.82) is 0 Å². The van der Waals surface area contributed by atoms with Gasteiger partial charge < -0.3 is 10.8 Å². The summed E-state index contributed by atoms with van der Waals surface area (Å²) >= 11 is 0. The van der Waals surface area contributed by atoms with Gasteiger partial charge in [0.2, 0.25) is 0 Å². The number of alkyl halides is 3. The Labute approximate surface area is 116 Å². The minimum Gasteiger partial charge on any atom is -0.388 e. The van der Waals surface area contributed by atoms with Crippen molar-refractivity contribution in [3.63, 3.8) is 0 Å². The average molecular weight is 288 g/mol. The highest BCUT2D eigenvalue weighted by Crippen LogP contribution is 2.30. The summed E-state index contributed by atoms with van der Waals surface area (Å²) in [6.07, 6.45) is -3.19. The van der Waals surface area contributed by atoms with E-state index in [2.05, 4.69) is 0 Å². The number of hydrogen-bond donors (Lipinski definition) is 2. The first kappa shape index (κ1) is 15.3. The van der Waals surface area contributed by atoms with Crippen LogP contribution in [0.5, 0.6) is 0 Å². The van der Waals surface area contributed by atoms with Crippen LogP contribution in [-0.4, -0.2) is 35.2 Å². The molecule has 0 unspecified atom stereocenters. The number of piperidine rings is 1. The number of nitrogens with zero attached hydrogens (tertiary/aromatic N) is 1. The van der Waals surface area contributed by atoms with Gasteiger partial charge in [-0.1, -0.05) is 18.2 Å². The van der Waals surface area contributed by atoms with E-state index in [0.717, 1.165) is 6.07 Å². The SMILES string of the molecule is NCC1(O)CCN(Cc2cccc(C(F)(F)F)c2)CC1. The van der Waals surface area contributed by atoms with E-state index in [1.54, 1.807) is 6.07 Å². The van der Waals surface area contributed by atoms with Crippen LogP contribution in [0.2, 0.25) is 0 Å². The summed E-state index contributed by atoms with van der Waals surface area (Å²) in [6.45, 7) is 1.98. The summed E-state index contributed by atoms with van der Waals surface area (Å²) < 4.78 is 37.9. The van der Waals surface area contributed by atoms with Gasteiger partial charge in [-0.25, -0.2) is 0 Å². The maximum absolute atomic E-state index is 12.6. The molecular formula is C14H19F3N2O. The summed E-state index contributed by atoms with van der Waals surface area (Å²) in [4.78, 5) is 2.04. The highest BCUT2D eigenvalue weighted by atomic mass is 19.4. The van der Waals surface area contributed by atoms with Crippen LogP contribution in [-0.2, 0) is 12.7 Å². The van der Waals surface area contributed by atoms with Gasteiger partial charge in [-0.3, -0.25) is 4.90 Å². The third-order valence-electron chi connectivity index (χ3n) is 3.83. The van der Waals surface area contributed by atoms with Gasteiger partial charge in [0.05, 0.1) is 11.2 Å². The van der Waals surface area contributed by atoms with E-state index >= 15 is 0 Å². The molecule has 1 heterocycles. The van der Waals surface area contributed by atoms with Crippen molar-refractivity contribution in [3.05, 3.63) is 35.4 Å². The van der Waals surface area contributed by atoms with E-state index in [-0.39, 0.29) is 6.54 Å². The van der Waals surface area contributed by atoms with Crippen molar-refractivity contribution in [2.45, 2.75) is 31.2 Å². The fourth-order valence-corrected chi connectivity index (χ4v) is 2.44. The van der Waals surface area contributed by atoms with Gasteiger partial charge in [0.25, 0.3) is 0 Å². The van der Waals surface area contributed by atoms with Crippen molar-refractivity contribution >= 4 is 0 Å². The van der Waals surface area contributed by atoms with Gasteiger partial charge >= 0.3 is 6.18 Å². The van der Waals surface area contributed by atoms with E-state index in [1.165, 1.54) is 12.1 Å². The Hall–Kier alpha value is -1.11. The first-order chi connectivity index (χ1) is 9.32. The molecule has 0 amide bonds. The van der Waals surface area contributed by atoms with Gasteiger partial charge in [-0.2, -0.15) is 13.2 Å². The lowest BCUT2D eigenvalue weighted by Gasteiger charge is -2.37. The Morgan fingerprint density at radius 3 is 2.45 bits per heavy atom. The third-order valence-corrected chi connectivity index (χ3v) is 3.83. The summed E-state index contributed by atoms with van der Waals surface area (Å²) in [5.74, 6) is 0. The molecule has 3 N–H and O–H groups in total. The van der Waals surface area contributed by atoms with Crippen LogP contribution < -0.4 is 5.73 Å². The van der Waals surface area contributed by atoms with Gasteiger partial charge in [-0.05, 0) is 24.5 Å². The number of rotatable bonds is 3. The van der Waals surface area contributed by atoms with E-state index < -0.39 is 17.3 Å². The lowest BCUT2D eigenvalue weighted by Crippen LogP contribution is -2.48. The Morgan fingerprint density at radius 1 is 1.25 bits per heavy atom. The highest BCUT2D eigenvalue weighted by molar-refractivity contribution is 5.25. The molecule has 1 saturated heterocycles. The summed E-state index contributed by atoms with van der Waals surface area (Å²) in [5, 5.41) is 10.0. The monoisotopic (exact) mass is 288 g/mol. The van der Waals surface area contributed by atoms with Crippen molar-refractivity contribution in [1.82, 2.24) is 4.90 Å². The molecule has 6 heteroatoms. The van der Waals surface area contributed by atoms with Crippen LogP contribution in [0.4, 0.5) is 13.2 Å². The fourth-order valence-electron chi connectivity index (χ4n) is 2.44. The van der Waals surface area contributed by atoms with E-state index in [4.69, 9.17) is 5.73 Å². The van der Waals surface area contributed by atoms with E-state index in [0.29, 0.717) is 38.0 Å². The summed E-state index contributed by atoms with van der Waals surface area (Å²) in [7, 11) is 0. The Morgan fingerprint density at radius 2 is 1.90 bits per heavy atom. The zero-order valence-corrected chi connectivity index (χ0v) is 11.2. The van der Waals surface area contributed by atoms with Crippen LogP contribution in [0.15, 0.2) is 24.3 Å². The fraction of sp³-hybridized carbons (Fsp3) is 0.571. The molecule has 0 atom stereocenters. The molecule has 0 bridgehead atoms. The number of halogens is 3. The molecule has 20 heavy (non-hydrogen) atoms. The molecule has 1 aromatic rings. The highest BCUT2D eigenvalue weighted by Gasteiger charge is 2.32. The van der Waals surface area contributed by atoms with Crippen LogP contribution in [0, 0.1) is 0 Å². The molecule has 3 nitrogen and oxygen atoms in total. The number of hydrogen-bond acceptors (Lipinski definition) is 3. The summed E-state index contributed by atoms with van der Waals surface area (Å²) in [6, 6.07) is 5.38. The van der Waals surface area contributed by atoms with Gasteiger partial charge in [0.1, 0.15) is 0 Å². The maximum Gasteiger partial charge on any atom is 0.416 e. The minimum absolute atomic E-state index is 0.227. The van der Waals surface area contributed by atoms with Gasteiger partial charge in [0, 0.05) is 26.2 Å². The van der Waals surface area contributed by atoms with Gasteiger partial charge in [-0.15, -0.1) is 0 Å². The number of aliphatic hydroxyl groups is 1. The molecule has 1 fully saturated rings. The van der Waals surface area contributed by atoms with Crippen LogP contribution >= 0.6 is 0 Å². The number of nitrogens with two attached hydrogens (primary N) is 1. The molecule has 0 spiro atoms. The predicted octanol–water partition coefficient (Wildman–Crippen LogP) is 1.99. The van der Waals surface area contributed by atoms with Crippen molar-refractivity contribution in [2.75, 3.05) is 19.6 Å². The van der Waals surface area contributed by atoms with Crippen LogP contribution in [0.3, 0.4) is 0 Å². The van der Waals surface area contributed by atoms with Crippen molar-refractivity contribution < 1.29 is 18.3 Å². The second kappa shape index (κ2) is 5.71. The molecule has 0 radical (unpaired) electrons. The van der Waals surface area contributed by atoms with Crippen molar-refractivity contribution in [2.24, 2.45) is 5.73 Å². The largest absolute Gasteiger partial charge is 0.416 e. The first-order valence-corrected chi connectivity index (χ1v) is 6.63. The maximum atomic E-state index is 12.6. The molecule has 0 aromatic heterocycles. The molecule has 1 aliphatic heterocycles. The smallest absolute Gasteiger partial charge is 0.388 e. The van der Waals surface area contributed by atoms with Crippen LogP contribution in [0.25, 0.3) is 0 Å². The second-order valence-electron chi connectivity index (χ2n) is 5.40. The number of likely N-dealkylation sites (tertiary alicyclic amines) is 1. The third kappa shape index (κ3) is 3.71. The first-order valence-electron chi connectivity index (χ1n) is 6.63. The number of benzene rings is 1. The standard InChI is InChI=1S/C14H19F3N2O/c15-14(16,17)12-3-1-2-11(8-12)9-19-6-4-13(20,10-18)5-7-19/h1-3,8,20H,4-7,9-10,18H2. The van der Waals surface area contributed by atoms with E-state index in [1.807, 2.05) is 4.90 Å². The molecule has 2 rings (SSSR count). The Balaban J connectivity index is 1.98. The predicted molar refractivity (Wildman–Crippen MR) is 70.0 cm³/mol. The lowest BCUT2D eigenvalue weighted by atomic mass is 9.91. The Bertz CT molecular complexity index is 454. The molecular weight excluding hydrogens is 269 g/mol. The van der Waals surface area contributed by atoms with Crippen LogP contribution in [0.1, 0.15) is 24.0 Å². The van der Waals surface area contributed by atoms with Crippen molar-refractivity contribution in [3.8, 4) is 0 Å². The molecule has 1 aliphatic rings.